The molecule has 2 rings (SSSR count). The Hall–Kier alpha value is -2.48. The first-order chi connectivity index (χ1) is 11.4. The molecule has 2 aromatic heterocycles. The molecule has 0 aliphatic heterocycles. The van der Waals surface area contributed by atoms with Gasteiger partial charge in [0.05, 0.1) is 4.88 Å². The number of carbonyl (C=O) groups excluding carboxylic acids is 2. The SMILES string of the molecule is Cc1cc(C)nc(NNC(=O)C(NC(=O)c2cccs2)C(C)C)n1. The van der Waals surface area contributed by atoms with Crippen molar-refractivity contribution in [3.05, 3.63) is 39.8 Å². The van der Waals surface area contributed by atoms with Crippen LogP contribution in [-0.2, 0) is 4.79 Å². The minimum Gasteiger partial charge on any atom is -0.339 e. The van der Waals surface area contributed by atoms with Crippen LogP contribution in [0.4, 0.5) is 5.95 Å². The topological polar surface area (TPSA) is 96.0 Å². The maximum absolute atomic E-state index is 12.4. The monoisotopic (exact) mass is 347 g/mol. The second kappa shape index (κ2) is 7.87. The molecule has 2 amide bonds. The van der Waals surface area contributed by atoms with E-state index in [1.807, 2.05) is 39.1 Å². The van der Waals surface area contributed by atoms with Gasteiger partial charge >= 0.3 is 0 Å². The highest BCUT2D eigenvalue weighted by Crippen LogP contribution is 2.10. The van der Waals surface area contributed by atoms with Gasteiger partial charge in [-0.2, -0.15) is 0 Å². The third-order valence-electron chi connectivity index (χ3n) is 3.26. The van der Waals surface area contributed by atoms with Crippen molar-refractivity contribution in [2.24, 2.45) is 5.92 Å². The molecular formula is C16H21N5O2S. The number of aryl methyl sites for hydroxylation is 2. The number of aromatic nitrogens is 2. The summed E-state index contributed by atoms with van der Waals surface area (Å²) >= 11 is 1.33. The van der Waals surface area contributed by atoms with E-state index in [2.05, 4.69) is 26.1 Å². The number of nitrogens with zero attached hydrogens (tertiary/aromatic N) is 2. The number of anilines is 1. The fraction of sp³-hybridized carbons (Fsp3) is 0.375. The molecule has 0 bridgehead atoms. The van der Waals surface area contributed by atoms with Crippen LogP contribution in [0.3, 0.4) is 0 Å². The Morgan fingerprint density at radius 1 is 1.17 bits per heavy atom. The predicted octanol–water partition coefficient (Wildman–Crippen LogP) is 2.05. The van der Waals surface area contributed by atoms with Crippen molar-refractivity contribution in [1.82, 2.24) is 20.7 Å². The lowest BCUT2D eigenvalue weighted by Gasteiger charge is -2.21. The van der Waals surface area contributed by atoms with E-state index in [0.717, 1.165) is 11.4 Å². The van der Waals surface area contributed by atoms with Crippen LogP contribution in [0.2, 0.25) is 0 Å². The Labute approximate surface area is 144 Å². The van der Waals surface area contributed by atoms with Gasteiger partial charge in [-0.1, -0.05) is 19.9 Å². The van der Waals surface area contributed by atoms with Crippen LogP contribution in [0, 0.1) is 19.8 Å². The summed E-state index contributed by atoms with van der Waals surface area (Å²) in [7, 11) is 0. The standard InChI is InChI=1S/C16H21N5O2S/c1-9(2)13(19-14(22)12-6-5-7-24-12)15(23)20-21-16-17-10(3)8-11(4)18-16/h5-9,13H,1-4H3,(H,19,22)(H,20,23)(H,17,18,21). The molecule has 1 atom stereocenters. The molecule has 3 N–H and O–H groups in total. The molecule has 2 heterocycles. The lowest BCUT2D eigenvalue weighted by Crippen LogP contribution is -2.51. The van der Waals surface area contributed by atoms with Crippen LogP contribution in [0.15, 0.2) is 23.6 Å². The average Bonchev–Trinajstić information content (AvgIpc) is 3.03. The number of rotatable bonds is 6. The highest BCUT2D eigenvalue weighted by atomic mass is 32.1. The summed E-state index contributed by atoms with van der Waals surface area (Å²) in [5.41, 5.74) is 6.85. The number of hydrazine groups is 1. The molecule has 0 saturated carbocycles. The van der Waals surface area contributed by atoms with Gasteiger partial charge in [-0.15, -0.1) is 11.3 Å². The van der Waals surface area contributed by atoms with E-state index in [0.29, 0.717) is 10.8 Å². The molecule has 24 heavy (non-hydrogen) atoms. The van der Waals surface area contributed by atoms with Crippen LogP contribution in [0.1, 0.15) is 34.9 Å². The molecule has 0 aromatic carbocycles. The van der Waals surface area contributed by atoms with Crippen LogP contribution in [0.25, 0.3) is 0 Å². The maximum atomic E-state index is 12.4. The minimum absolute atomic E-state index is 0.0733. The molecule has 2 aromatic rings. The van der Waals surface area contributed by atoms with Gasteiger partial charge in [-0.3, -0.25) is 20.4 Å². The molecule has 7 nitrogen and oxygen atoms in total. The van der Waals surface area contributed by atoms with Crippen molar-refractivity contribution >= 4 is 29.1 Å². The van der Waals surface area contributed by atoms with E-state index in [-0.39, 0.29) is 17.7 Å². The third kappa shape index (κ3) is 4.76. The highest BCUT2D eigenvalue weighted by Gasteiger charge is 2.25. The first-order valence-electron chi connectivity index (χ1n) is 7.59. The number of hydrogen-bond acceptors (Lipinski definition) is 6. The largest absolute Gasteiger partial charge is 0.339 e. The molecule has 0 radical (unpaired) electrons. The molecule has 0 aliphatic carbocycles. The number of thiophene rings is 1. The van der Waals surface area contributed by atoms with Crippen molar-refractivity contribution in [1.29, 1.82) is 0 Å². The third-order valence-corrected chi connectivity index (χ3v) is 4.13. The van der Waals surface area contributed by atoms with Crippen molar-refractivity contribution in [3.8, 4) is 0 Å². The Kier molecular flexibility index (Phi) is 5.86. The number of nitrogens with one attached hydrogen (secondary N) is 3. The zero-order chi connectivity index (χ0) is 17.7. The van der Waals surface area contributed by atoms with E-state index >= 15 is 0 Å². The molecule has 128 valence electrons. The van der Waals surface area contributed by atoms with Crippen molar-refractivity contribution in [3.63, 3.8) is 0 Å². The van der Waals surface area contributed by atoms with E-state index in [4.69, 9.17) is 0 Å². The molecule has 8 heteroatoms. The van der Waals surface area contributed by atoms with Crippen LogP contribution >= 0.6 is 11.3 Å². The number of hydrogen-bond donors (Lipinski definition) is 3. The average molecular weight is 347 g/mol. The first kappa shape index (κ1) is 17.9. The van der Waals surface area contributed by atoms with E-state index in [1.165, 1.54) is 11.3 Å². The van der Waals surface area contributed by atoms with E-state index in [9.17, 15) is 9.59 Å². The maximum Gasteiger partial charge on any atom is 0.262 e. The van der Waals surface area contributed by atoms with Crippen LogP contribution < -0.4 is 16.2 Å². The Bertz CT molecular complexity index is 695. The van der Waals surface area contributed by atoms with Crippen molar-refractivity contribution in [2.45, 2.75) is 33.7 Å². The first-order valence-corrected chi connectivity index (χ1v) is 8.47. The van der Waals surface area contributed by atoms with Gasteiger partial charge in [-0.25, -0.2) is 9.97 Å². The van der Waals surface area contributed by atoms with E-state index < -0.39 is 6.04 Å². The van der Waals surface area contributed by atoms with Gasteiger partial charge in [0.15, 0.2) is 0 Å². The Morgan fingerprint density at radius 2 is 1.83 bits per heavy atom. The normalized spacial score (nSPS) is 11.9. The Balaban J connectivity index is 1.99. The zero-order valence-corrected chi connectivity index (χ0v) is 14.9. The lowest BCUT2D eigenvalue weighted by atomic mass is 10.0. The zero-order valence-electron chi connectivity index (χ0n) is 14.1. The molecule has 0 fully saturated rings. The number of carbonyl (C=O) groups is 2. The van der Waals surface area contributed by atoms with Gasteiger partial charge in [-0.05, 0) is 37.3 Å². The van der Waals surface area contributed by atoms with E-state index in [1.54, 1.807) is 12.1 Å². The smallest absolute Gasteiger partial charge is 0.262 e. The summed E-state index contributed by atoms with van der Waals surface area (Å²) < 4.78 is 0. The molecule has 0 saturated heterocycles. The quantitative estimate of drug-likeness (QED) is 0.695. The summed E-state index contributed by atoms with van der Waals surface area (Å²) in [6.45, 7) is 7.43. The predicted molar refractivity (Wildman–Crippen MR) is 93.7 cm³/mol. The van der Waals surface area contributed by atoms with Gasteiger partial charge in [0.1, 0.15) is 6.04 Å². The Morgan fingerprint density at radius 3 is 2.38 bits per heavy atom. The lowest BCUT2D eigenvalue weighted by molar-refractivity contribution is -0.123. The summed E-state index contributed by atoms with van der Waals surface area (Å²) in [6, 6.07) is 4.68. The van der Waals surface area contributed by atoms with Crippen molar-refractivity contribution < 1.29 is 9.59 Å². The van der Waals surface area contributed by atoms with Crippen LogP contribution in [-0.4, -0.2) is 27.8 Å². The second-order valence-electron chi connectivity index (χ2n) is 5.76. The van der Waals surface area contributed by atoms with Gasteiger partial charge < -0.3 is 5.32 Å². The molecular weight excluding hydrogens is 326 g/mol. The fourth-order valence-electron chi connectivity index (χ4n) is 2.13. The molecule has 1 unspecified atom stereocenters. The highest BCUT2D eigenvalue weighted by molar-refractivity contribution is 7.12. The fourth-order valence-corrected chi connectivity index (χ4v) is 2.76. The van der Waals surface area contributed by atoms with Gasteiger partial charge in [0.2, 0.25) is 5.95 Å². The van der Waals surface area contributed by atoms with Gasteiger partial charge in [0.25, 0.3) is 11.8 Å². The van der Waals surface area contributed by atoms with Crippen LogP contribution in [0.5, 0.6) is 0 Å². The summed E-state index contributed by atoms with van der Waals surface area (Å²) in [4.78, 5) is 33.5. The number of amides is 2. The molecule has 0 spiro atoms. The second-order valence-corrected chi connectivity index (χ2v) is 6.71. The van der Waals surface area contributed by atoms with Gasteiger partial charge in [0, 0.05) is 11.4 Å². The molecule has 0 aliphatic rings. The summed E-state index contributed by atoms with van der Waals surface area (Å²) in [6.07, 6.45) is 0. The summed E-state index contributed by atoms with van der Waals surface area (Å²) in [5.74, 6) is -0.372. The minimum atomic E-state index is -0.669. The van der Waals surface area contributed by atoms with Crippen molar-refractivity contribution in [2.75, 3.05) is 5.43 Å². The summed E-state index contributed by atoms with van der Waals surface area (Å²) in [5, 5.41) is 4.57.